The van der Waals surface area contributed by atoms with Crippen LogP contribution in [0, 0.1) is 29.6 Å². The van der Waals surface area contributed by atoms with Gasteiger partial charge in [0.15, 0.2) is 0 Å². The first-order valence-corrected chi connectivity index (χ1v) is 13.7. The van der Waals surface area contributed by atoms with Crippen LogP contribution >= 0.6 is 0 Å². The molecule has 0 aromatic heterocycles. The second-order valence-corrected chi connectivity index (χ2v) is 10.3. The van der Waals surface area contributed by atoms with Gasteiger partial charge in [-0.3, -0.25) is 19.3 Å². The third-order valence-corrected chi connectivity index (χ3v) is 8.17. The number of rotatable bonds is 12. The van der Waals surface area contributed by atoms with Crippen molar-refractivity contribution in [2.24, 2.45) is 29.6 Å². The fraction of sp³-hybridized carbons (Fsp3) is 0.815. The number of aliphatic hydroxyl groups is 1. The first-order valence-electron chi connectivity index (χ1n) is 13.7. The molecule has 2 N–H and O–H groups in total. The van der Waals surface area contributed by atoms with E-state index in [0.717, 1.165) is 32.4 Å². The molecule has 7 atom stereocenters. The van der Waals surface area contributed by atoms with Crippen LogP contribution in [0.3, 0.4) is 0 Å². The molecule has 2 saturated heterocycles. The van der Waals surface area contributed by atoms with Gasteiger partial charge < -0.3 is 24.8 Å². The van der Waals surface area contributed by atoms with Crippen molar-refractivity contribution in [3.8, 4) is 0 Å². The van der Waals surface area contributed by atoms with Crippen molar-refractivity contribution in [3.63, 3.8) is 0 Å². The van der Waals surface area contributed by atoms with Gasteiger partial charge in [0.2, 0.25) is 11.8 Å². The zero-order valence-electron chi connectivity index (χ0n) is 22.4. The van der Waals surface area contributed by atoms with E-state index in [9.17, 15) is 19.5 Å². The molecule has 2 aliphatic heterocycles. The highest BCUT2D eigenvalue weighted by Crippen LogP contribution is 2.46. The third-order valence-electron chi connectivity index (χ3n) is 8.17. The van der Waals surface area contributed by atoms with Crippen molar-refractivity contribution < 1.29 is 29.0 Å². The molecule has 1 aliphatic carbocycles. The predicted molar refractivity (Wildman–Crippen MR) is 136 cm³/mol. The summed E-state index contributed by atoms with van der Waals surface area (Å²) in [7, 11) is 0. The van der Waals surface area contributed by atoms with E-state index >= 15 is 0 Å². The molecular weight excluding hydrogens is 462 g/mol. The van der Waals surface area contributed by atoms with Crippen molar-refractivity contribution in [2.45, 2.75) is 59.0 Å². The van der Waals surface area contributed by atoms with E-state index in [1.807, 2.05) is 26.0 Å². The Labute approximate surface area is 215 Å². The number of carbonyl (C=O) groups is 3. The molecule has 0 unspecified atom stereocenters. The molecule has 3 rings (SSSR count). The number of hydrogen-bond donors (Lipinski definition) is 2. The van der Waals surface area contributed by atoms with E-state index in [2.05, 4.69) is 17.1 Å². The number of ether oxygens (including phenoxy) is 2. The average Bonchev–Trinajstić information content (AvgIpc) is 3.17. The smallest absolute Gasteiger partial charge is 0.310 e. The summed E-state index contributed by atoms with van der Waals surface area (Å²) >= 11 is 0. The van der Waals surface area contributed by atoms with Gasteiger partial charge in [0.05, 0.1) is 44.3 Å². The number of likely N-dealkylation sites (tertiary alicyclic amines) is 1. The Kier molecular flexibility index (Phi) is 10.8. The monoisotopic (exact) mass is 507 g/mol. The Morgan fingerprint density at radius 1 is 1.22 bits per heavy atom. The molecule has 0 aromatic carbocycles. The van der Waals surface area contributed by atoms with E-state index in [4.69, 9.17) is 9.47 Å². The van der Waals surface area contributed by atoms with Gasteiger partial charge in [-0.15, -0.1) is 0 Å². The van der Waals surface area contributed by atoms with Crippen LogP contribution < -0.4 is 5.32 Å². The van der Waals surface area contributed by atoms with Crippen LogP contribution in [0.1, 0.15) is 47.0 Å². The van der Waals surface area contributed by atoms with Crippen LogP contribution in [0.5, 0.6) is 0 Å². The molecule has 0 aromatic rings. The Morgan fingerprint density at radius 2 is 1.94 bits per heavy atom. The van der Waals surface area contributed by atoms with Gasteiger partial charge in [0.1, 0.15) is 6.04 Å². The first-order chi connectivity index (χ1) is 17.4. The van der Waals surface area contributed by atoms with Crippen LogP contribution in [0.2, 0.25) is 0 Å². The lowest BCUT2D eigenvalue weighted by Crippen LogP contribution is -2.55. The fourth-order valence-corrected chi connectivity index (χ4v) is 6.05. The van der Waals surface area contributed by atoms with Gasteiger partial charge in [0, 0.05) is 32.1 Å². The molecule has 2 amide bonds. The van der Waals surface area contributed by atoms with Crippen LogP contribution in [0.15, 0.2) is 12.2 Å². The van der Waals surface area contributed by atoms with E-state index in [-0.39, 0.29) is 42.8 Å². The number of nitrogens with zero attached hydrogens (tertiary/aromatic N) is 2. The Bertz CT molecular complexity index is 783. The van der Waals surface area contributed by atoms with Crippen molar-refractivity contribution >= 4 is 17.8 Å². The predicted octanol–water partition coefficient (Wildman–Crippen LogP) is 1.45. The van der Waals surface area contributed by atoms with E-state index in [1.54, 1.807) is 11.8 Å². The van der Waals surface area contributed by atoms with E-state index < -0.39 is 29.8 Å². The highest BCUT2D eigenvalue weighted by molar-refractivity contribution is 5.96. The Hall–Kier alpha value is -1.97. The molecule has 2 heterocycles. The number of allylic oxidation sites excluding steroid dienone is 1. The molecule has 0 radical (unpaired) electrons. The molecule has 3 aliphatic rings. The van der Waals surface area contributed by atoms with Crippen molar-refractivity contribution in [3.05, 3.63) is 12.2 Å². The quantitative estimate of drug-likeness (QED) is 0.304. The maximum absolute atomic E-state index is 14.0. The van der Waals surface area contributed by atoms with Crippen molar-refractivity contribution in [1.29, 1.82) is 0 Å². The standard InChI is InChI=1S/C27H45N3O6/c1-5-8-19-9-10-20-23(22(19)27(34)36-7-3)26(33)30(21(17-31)18(4)6-2)24(20)25(32)28-11-12-29-13-15-35-16-14-29/h9-10,18-24,31H,5-8,11-17H2,1-4H3,(H,28,32)/t18-,19+,20-,21-,22+,23-,24-/m0/s1. The lowest BCUT2D eigenvalue weighted by Gasteiger charge is -2.36. The van der Waals surface area contributed by atoms with Gasteiger partial charge in [-0.05, 0) is 25.2 Å². The lowest BCUT2D eigenvalue weighted by atomic mass is 9.69. The number of fused-ring (bicyclic) bond motifs is 1. The third kappa shape index (κ3) is 6.11. The minimum Gasteiger partial charge on any atom is -0.466 e. The number of aliphatic hydroxyl groups excluding tert-OH is 1. The van der Waals surface area contributed by atoms with Crippen molar-refractivity contribution in [2.75, 3.05) is 52.6 Å². The molecule has 36 heavy (non-hydrogen) atoms. The summed E-state index contributed by atoms with van der Waals surface area (Å²) in [4.78, 5) is 44.7. The molecule has 0 spiro atoms. The number of amides is 2. The number of nitrogens with one attached hydrogen (secondary N) is 1. The summed E-state index contributed by atoms with van der Waals surface area (Å²) < 4.78 is 10.8. The minimum absolute atomic E-state index is 0.000727. The fourth-order valence-electron chi connectivity index (χ4n) is 6.05. The first kappa shape index (κ1) is 28.6. The summed E-state index contributed by atoms with van der Waals surface area (Å²) in [6, 6.07) is -1.27. The second kappa shape index (κ2) is 13.5. The Balaban J connectivity index is 1.90. The SMILES string of the molecule is CCC[C@@H]1C=C[C@H]2[C@H](C(=O)N([C@@H](CO)[C@@H](C)CC)[C@@H]2C(=O)NCCN2CCOCC2)[C@@H]1C(=O)OCC. The highest BCUT2D eigenvalue weighted by Gasteiger charge is 2.59. The molecule has 0 saturated carbocycles. The normalized spacial score (nSPS) is 30.1. The summed E-state index contributed by atoms with van der Waals surface area (Å²) in [6.45, 7) is 12.0. The lowest BCUT2D eigenvalue weighted by molar-refractivity contribution is -0.156. The Morgan fingerprint density at radius 3 is 2.56 bits per heavy atom. The zero-order chi connectivity index (χ0) is 26.2. The molecule has 2 fully saturated rings. The van der Waals surface area contributed by atoms with Crippen molar-refractivity contribution in [1.82, 2.24) is 15.1 Å². The minimum atomic E-state index is -0.769. The van der Waals surface area contributed by atoms with E-state index in [0.29, 0.717) is 26.3 Å². The van der Waals surface area contributed by atoms with Gasteiger partial charge in [-0.1, -0.05) is 45.8 Å². The molecule has 204 valence electrons. The van der Waals surface area contributed by atoms with Crippen LogP contribution in [-0.4, -0.2) is 97.4 Å². The maximum Gasteiger partial charge on any atom is 0.310 e. The van der Waals surface area contributed by atoms with Gasteiger partial charge >= 0.3 is 5.97 Å². The van der Waals surface area contributed by atoms with Crippen LogP contribution in [-0.2, 0) is 23.9 Å². The molecular formula is C27H45N3O6. The number of esters is 1. The number of hydrogen-bond acceptors (Lipinski definition) is 7. The number of carbonyl (C=O) groups excluding carboxylic acids is 3. The van der Waals surface area contributed by atoms with E-state index in [1.165, 1.54) is 0 Å². The van der Waals surface area contributed by atoms with Crippen LogP contribution in [0.4, 0.5) is 0 Å². The highest BCUT2D eigenvalue weighted by atomic mass is 16.5. The molecule has 9 heteroatoms. The average molecular weight is 508 g/mol. The van der Waals surface area contributed by atoms with Crippen LogP contribution in [0.25, 0.3) is 0 Å². The number of morpholine rings is 1. The maximum atomic E-state index is 14.0. The summed E-state index contributed by atoms with van der Waals surface area (Å²) in [5.74, 6) is -2.68. The zero-order valence-corrected chi connectivity index (χ0v) is 22.4. The van der Waals surface area contributed by atoms with Gasteiger partial charge in [0.25, 0.3) is 0 Å². The molecule has 0 bridgehead atoms. The summed E-state index contributed by atoms with van der Waals surface area (Å²) in [5, 5.41) is 13.4. The summed E-state index contributed by atoms with van der Waals surface area (Å²) in [5.41, 5.74) is 0. The van der Waals surface area contributed by atoms with Gasteiger partial charge in [-0.25, -0.2) is 0 Å². The summed E-state index contributed by atoms with van der Waals surface area (Å²) in [6.07, 6.45) is 6.37. The largest absolute Gasteiger partial charge is 0.466 e. The topological polar surface area (TPSA) is 108 Å². The van der Waals surface area contributed by atoms with Gasteiger partial charge in [-0.2, -0.15) is 0 Å². The second-order valence-electron chi connectivity index (χ2n) is 10.3. The molecule has 9 nitrogen and oxygen atoms in total.